The van der Waals surface area contributed by atoms with Gasteiger partial charge in [0.2, 0.25) is 0 Å². The zero-order valence-electron chi connectivity index (χ0n) is 22.6. The number of hydrogen-bond donors (Lipinski definition) is 1. The van der Waals surface area contributed by atoms with Gasteiger partial charge in [0.05, 0.1) is 5.39 Å². The van der Waals surface area contributed by atoms with Crippen LogP contribution >= 0.6 is 11.6 Å². The molecule has 4 rings (SSSR count). The number of anilines is 2. The minimum Gasteiger partial charge on any atom is -0.370 e. The number of aromatic nitrogens is 3. The van der Waals surface area contributed by atoms with Gasteiger partial charge in [-0.15, -0.1) is 6.58 Å². The minimum atomic E-state index is -0.139. The summed E-state index contributed by atoms with van der Waals surface area (Å²) in [4.78, 5) is 21.4. The highest BCUT2D eigenvalue weighted by molar-refractivity contribution is 6.30. The highest BCUT2D eigenvalue weighted by Crippen LogP contribution is 2.26. The molecule has 0 amide bonds. The monoisotopic (exact) mass is 522 g/mol. The first kappa shape index (κ1) is 29.8. The van der Waals surface area contributed by atoms with Crippen LogP contribution in [0.3, 0.4) is 0 Å². The van der Waals surface area contributed by atoms with E-state index < -0.39 is 0 Å². The maximum absolute atomic E-state index is 12.4. The number of benzene rings is 1. The molecule has 1 fully saturated rings. The van der Waals surface area contributed by atoms with E-state index in [9.17, 15) is 4.79 Å². The van der Waals surface area contributed by atoms with Crippen LogP contribution in [-0.2, 0) is 7.05 Å². The molecule has 3 aromatic rings. The lowest BCUT2D eigenvalue weighted by Gasteiger charge is -2.43. The summed E-state index contributed by atoms with van der Waals surface area (Å²) < 4.78 is 1.37. The van der Waals surface area contributed by atoms with Gasteiger partial charge in [-0.25, -0.2) is 4.68 Å². The van der Waals surface area contributed by atoms with Crippen molar-refractivity contribution in [2.75, 3.05) is 37.4 Å². The molecule has 1 aliphatic heterocycles. The summed E-state index contributed by atoms with van der Waals surface area (Å²) in [7, 11) is 5.86. The Labute approximate surface area is 225 Å². The number of nitrogens with one attached hydrogen (secondary N) is 1. The predicted octanol–water partition coefficient (Wildman–Crippen LogP) is 5.54. The van der Waals surface area contributed by atoms with Crippen LogP contribution in [0.2, 0.25) is 5.02 Å². The molecule has 1 aromatic carbocycles. The van der Waals surface area contributed by atoms with E-state index in [1.54, 1.807) is 37.5 Å². The van der Waals surface area contributed by atoms with Gasteiger partial charge in [0.15, 0.2) is 5.82 Å². The topological polar surface area (TPSA) is 66.3 Å². The van der Waals surface area contributed by atoms with E-state index >= 15 is 0 Å². The Morgan fingerprint density at radius 1 is 1.16 bits per heavy atom. The van der Waals surface area contributed by atoms with Gasteiger partial charge in [-0.3, -0.25) is 9.78 Å². The SMILES string of the molecule is C=C/C=C\C.C=CC.CN(C)C1CN(c2ccc(Cl)cc2)CCC1Nc1nn(C)c(=O)c2cccnc12. The van der Waals surface area contributed by atoms with Crippen molar-refractivity contribution in [1.82, 2.24) is 19.7 Å². The lowest BCUT2D eigenvalue weighted by Crippen LogP contribution is -2.56. The van der Waals surface area contributed by atoms with Crippen LogP contribution in [0, 0.1) is 0 Å². The zero-order chi connectivity index (χ0) is 27.4. The van der Waals surface area contributed by atoms with Gasteiger partial charge in [0.1, 0.15) is 5.52 Å². The quantitative estimate of drug-likeness (QED) is 0.350. The smallest absolute Gasteiger partial charge is 0.276 e. The zero-order valence-corrected chi connectivity index (χ0v) is 23.3. The number of fused-ring (bicyclic) bond motifs is 1. The van der Waals surface area contributed by atoms with Gasteiger partial charge in [-0.2, -0.15) is 5.10 Å². The molecule has 2 aromatic heterocycles. The molecule has 198 valence electrons. The standard InChI is InChI=1S/C21H25ClN6O.C5H8.C3H6/c1-26(2)18-13-28(15-8-6-14(22)7-9-15)12-10-17(18)24-20-19-16(5-4-11-23-19)21(29)27(3)25-20;1-3-5-4-2;1-3-2/h4-9,11,17-18H,10,12-13H2,1-3H3,(H,24,25);3-5H,1H2,2H3;3H,1H2,2H3/b;5-4-;. The fourth-order valence-electron chi connectivity index (χ4n) is 4.10. The summed E-state index contributed by atoms with van der Waals surface area (Å²) in [5.41, 5.74) is 1.65. The molecule has 1 aliphatic rings. The van der Waals surface area contributed by atoms with Crippen molar-refractivity contribution in [2.24, 2.45) is 7.05 Å². The molecular weight excluding hydrogens is 484 g/mol. The van der Waals surface area contributed by atoms with Crippen molar-refractivity contribution in [2.45, 2.75) is 32.4 Å². The Hall–Kier alpha value is -3.42. The molecule has 0 aliphatic carbocycles. The van der Waals surface area contributed by atoms with Crippen molar-refractivity contribution >= 4 is 34.0 Å². The third kappa shape index (κ3) is 8.30. The number of allylic oxidation sites excluding steroid dienone is 4. The van der Waals surface area contributed by atoms with Gasteiger partial charge in [0.25, 0.3) is 5.56 Å². The van der Waals surface area contributed by atoms with E-state index in [1.807, 2.05) is 38.1 Å². The van der Waals surface area contributed by atoms with E-state index in [4.69, 9.17) is 11.6 Å². The average Bonchev–Trinajstić information content (AvgIpc) is 2.89. The summed E-state index contributed by atoms with van der Waals surface area (Å²) in [6.07, 6.45) is 9.96. The summed E-state index contributed by atoms with van der Waals surface area (Å²) in [5, 5.41) is 9.36. The first-order valence-electron chi connectivity index (χ1n) is 12.3. The number of aryl methyl sites for hydroxylation is 1. The summed E-state index contributed by atoms with van der Waals surface area (Å²) in [6.45, 7) is 12.5. The van der Waals surface area contributed by atoms with E-state index in [1.165, 1.54) is 10.4 Å². The van der Waals surface area contributed by atoms with Crippen molar-refractivity contribution in [1.29, 1.82) is 0 Å². The minimum absolute atomic E-state index is 0.139. The highest BCUT2D eigenvalue weighted by atomic mass is 35.5. The number of rotatable bonds is 5. The second-order valence-electron chi connectivity index (χ2n) is 8.84. The summed E-state index contributed by atoms with van der Waals surface area (Å²) in [6, 6.07) is 12.0. The largest absolute Gasteiger partial charge is 0.370 e. The number of halogens is 1. The van der Waals surface area contributed by atoms with E-state index in [0.717, 1.165) is 24.5 Å². The van der Waals surface area contributed by atoms with Crippen molar-refractivity contribution < 1.29 is 0 Å². The predicted molar refractivity (Wildman–Crippen MR) is 159 cm³/mol. The molecule has 37 heavy (non-hydrogen) atoms. The van der Waals surface area contributed by atoms with Crippen molar-refractivity contribution in [3.05, 3.63) is 95.4 Å². The molecule has 8 heteroatoms. The van der Waals surface area contributed by atoms with Gasteiger partial charge in [-0.05, 0) is 70.8 Å². The molecule has 0 saturated carbocycles. The number of piperidine rings is 1. The number of likely N-dealkylation sites (N-methyl/N-ethyl adjacent to an activating group) is 1. The Kier molecular flexibility index (Phi) is 12.1. The molecule has 3 heterocycles. The van der Waals surface area contributed by atoms with Crippen LogP contribution in [0.25, 0.3) is 10.9 Å². The third-order valence-corrected chi connectivity index (χ3v) is 6.15. The highest BCUT2D eigenvalue weighted by Gasteiger charge is 2.32. The average molecular weight is 523 g/mol. The van der Waals surface area contributed by atoms with Gasteiger partial charge < -0.3 is 15.1 Å². The number of nitrogens with zero attached hydrogens (tertiary/aromatic N) is 5. The Morgan fingerprint density at radius 2 is 1.84 bits per heavy atom. The number of hydrogen-bond acceptors (Lipinski definition) is 6. The van der Waals surface area contributed by atoms with Crippen LogP contribution in [0.1, 0.15) is 20.3 Å². The summed E-state index contributed by atoms with van der Waals surface area (Å²) in [5.74, 6) is 0.652. The molecule has 0 spiro atoms. The second kappa shape index (κ2) is 15.0. The van der Waals surface area contributed by atoms with Crippen molar-refractivity contribution in [3.63, 3.8) is 0 Å². The molecule has 2 unspecified atom stereocenters. The molecular formula is C29H39ClN6O. The lowest BCUT2D eigenvalue weighted by molar-refractivity contribution is 0.239. The van der Waals surface area contributed by atoms with Crippen LogP contribution in [0.5, 0.6) is 0 Å². The molecule has 7 nitrogen and oxygen atoms in total. The Balaban J connectivity index is 0.000000530. The van der Waals surface area contributed by atoms with E-state index in [2.05, 4.69) is 64.6 Å². The molecule has 0 radical (unpaired) electrons. The first-order chi connectivity index (χ1) is 17.8. The fourth-order valence-corrected chi connectivity index (χ4v) is 4.23. The lowest BCUT2D eigenvalue weighted by atomic mass is 9.97. The first-order valence-corrected chi connectivity index (χ1v) is 12.7. The van der Waals surface area contributed by atoms with Crippen LogP contribution < -0.4 is 15.8 Å². The van der Waals surface area contributed by atoms with Crippen LogP contribution in [0.15, 0.2) is 84.9 Å². The van der Waals surface area contributed by atoms with E-state index in [0.29, 0.717) is 16.7 Å². The van der Waals surface area contributed by atoms with Crippen LogP contribution in [-0.4, -0.2) is 58.9 Å². The molecule has 1 saturated heterocycles. The van der Waals surface area contributed by atoms with E-state index in [-0.39, 0.29) is 17.6 Å². The van der Waals surface area contributed by atoms with Gasteiger partial charge in [-0.1, -0.05) is 42.5 Å². The Bertz CT molecular complexity index is 1240. The normalized spacial score (nSPS) is 17.0. The third-order valence-electron chi connectivity index (χ3n) is 5.89. The summed E-state index contributed by atoms with van der Waals surface area (Å²) >= 11 is 6.04. The molecule has 2 atom stereocenters. The second-order valence-corrected chi connectivity index (χ2v) is 9.28. The maximum Gasteiger partial charge on any atom is 0.276 e. The fraction of sp³-hybridized carbons (Fsp3) is 0.345. The molecule has 1 N–H and O–H groups in total. The number of pyridine rings is 1. The van der Waals surface area contributed by atoms with Crippen molar-refractivity contribution in [3.8, 4) is 0 Å². The molecule has 0 bridgehead atoms. The van der Waals surface area contributed by atoms with Crippen LogP contribution in [0.4, 0.5) is 11.5 Å². The van der Waals surface area contributed by atoms with Gasteiger partial charge >= 0.3 is 0 Å². The van der Waals surface area contributed by atoms with Gasteiger partial charge in [0, 0.05) is 49.1 Å². The Morgan fingerprint density at radius 3 is 2.41 bits per heavy atom. The maximum atomic E-state index is 12.4.